The topological polar surface area (TPSA) is 83.5 Å². The van der Waals surface area contributed by atoms with Crippen molar-refractivity contribution < 1.29 is 18.3 Å². The van der Waals surface area contributed by atoms with E-state index in [0.29, 0.717) is 5.92 Å². The molecule has 0 aromatic heterocycles. The predicted molar refractivity (Wildman–Crippen MR) is 85.2 cm³/mol. The number of nitrogens with one attached hydrogen (secondary N) is 1. The Balaban J connectivity index is 1.79. The van der Waals surface area contributed by atoms with E-state index < -0.39 is 16.0 Å². The molecule has 0 bridgehead atoms. The van der Waals surface area contributed by atoms with Crippen molar-refractivity contribution in [2.45, 2.75) is 45.1 Å². The van der Waals surface area contributed by atoms with E-state index in [1.807, 2.05) is 0 Å². The first-order chi connectivity index (χ1) is 10.5. The van der Waals surface area contributed by atoms with Crippen LogP contribution < -0.4 is 4.72 Å². The highest BCUT2D eigenvalue weighted by atomic mass is 32.2. The molecule has 0 spiro atoms. The second kappa shape index (κ2) is 7.74. The molecule has 0 heterocycles. The van der Waals surface area contributed by atoms with Gasteiger partial charge in [0.2, 0.25) is 10.0 Å². The molecule has 122 valence electrons. The van der Waals surface area contributed by atoms with Gasteiger partial charge in [-0.3, -0.25) is 0 Å². The first-order valence-corrected chi connectivity index (χ1v) is 9.41. The first kappa shape index (κ1) is 17.0. The number of rotatable bonds is 7. The Labute approximate surface area is 131 Å². The number of carbonyl (C=O) groups is 1. The minimum atomic E-state index is -3.27. The van der Waals surface area contributed by atoms with E-state index in [-0.39, 0.29) is 17.9 Å². The minimum absolute atomic E-state index is 0.172. The van der Waals surface area contributed by atoms with Crippen molar-refractivity contribution >= 4 is 16.0 Å². The molecule has 2 rings (SSSR count). The maximum Gasteiger partial charge on any atom is 0.335 e. The van der Waals surface area contributed by atoms with E-state index in [1.54, 1.807) is 12.1 Å². The van der Waals surface area contributed by atoms with Crippen molar-refractivity contribution in [2.75, 3.05) is 5.75 Å². The van der Waals surface area contributed by atoms with E-state index in [2.05, 4.69) is 4.72 Å². The standard InChI is InChI=1S/C16H23NO4S/c18-16(19)15-8-6-14(7-9-15)12-17-22(20,21)11-10-13-4-2-1-3-5-13/h6-9,13,17H,1-5,10-12H2,(H,18,19). The Morgan fingerprint density at radius 2 is 1.77 bits per heavy atom. The van der Waals surface area contributed by atoms with Crippen molar-refractivity contribution in [3.63, 3.8) is 0 Å². The molecule has 1 aromatic rings. The van der Waals surface area contributed by atoms with Crippen LogP contribution in [0.3, 0.4) is 0 Å². The van der Waals surface area contributed by atoms with Crippen molar-refractivity contribution in [3.05, 3.63) is 35.4 Å². The zero-order valence-electron chi connectivity index (χ0n) is 12.6. The summed E-state index contributed by atoms with van der Waals surface area (Å²) in [6.45, 7) is 0.201. The number of hydrogen-bond acceptors (Lipinski definition) is 3. The quantitative estimate of drug-likeness (QED) is 0.807. The molecule has 5 nitrogen and oxygen atoms in total. The van der Waals surface area contributed by atoms with Crippen molar-refractivity contribution in [1.82, 2.24) is 4.72 Å². The van der Waals surface area contributed by atoms with Crippen LogP contribution in [0, 0.1) is 5.92 Å². The number of carboxylic acids is 1. The van der Waals surface area contributed by atoms with E-state index in [9.17, 15) is 13.2 Å². The van der Waals surface area contributed by atoms with Crippen LogP contribution in [0.15, 0.2) is 24.3 Å². The summed E-state index contributed by atoms with van der Waals surface area (Å²) < 4.78 is 26.6. The number of sulfonamides is 1. The van der Waals surface area contributed by atoms with Crippen LogP contribution >= 0.6 is 0 Å². The molecule has 0 radical (unpaired) electrons. The fourth-order valence-electron chi connectivity index (χ4n) is 2.83. The maximum absolute atomic E-state index is 12.0. The summed E-state index contributed by atoms with van der Waals surface area (Å²) in [6, 6.07) is 6.22. The van der Waals surface area contributed by atoms with Crippen LogP contribution in [0.2, 0.25) is 0 Å². The number of hydrogen-bond donors (Lipinski definition) is 2. The van der Waals surface area contributed by atoms with Gasteiger partial charge in [-0.15, -0.1) is 0 Å². The Hall–Kier alpha value is -1.40. The van der Waals surface area contributed by atoms with Crippen molar-refractivity contribution in [1.29, 1.82) is 0 Å². The van der Waals surface area contributed by atoms with Crippen LogP contribution in [0.4, 0.5) is 0 Å². The Kier molecular flexibility index (Phi) is 5.97. The average molecular weight is 325 g/mol. The van der Waals surface area contributed by atoms with Gasteiger partial charge in [-0.05, 0) is 30.0 Å². The molecule has 1 saturated carbocycles. The molecule has 1 fully saturated rings. The maximum atomic E-state index is 12.0. The predicted octanol–water partition coefficient (Wildman–Crippen LogP) is 2.77. The Morgan fingerprint density at radius 1 is 1.14 bits per heavy atom. The van der Waals surface area contributed by atoms with E-state index >= 15 is 0 Å². The molecule has 1 aliphatic carbocycles. The fourth-order valence-corrected chi connectivity index (χ4v) is 4.00. The molecule has 0 saturated heterocycles. The van der Waals surface area contributed by atoms with Crippen molar-refractivity contribution in [3.8, 4) is 0 Å². The van der Waals surface area contributed by atoms with Gasteiger partial charge >= 0.3 is 5.97 Å². The van der Waals surface area contributed by atoms with E-state index in [0.717, 1.165) is 24.8 Å². The van der Waals surface area contributed by atoms with Gasteiger partial charge in [0.15, 0.2) is 0 Å². The second-order valence-electron chi connectivity index (χ2n) is 5.93. The monoisotopic (exact) mass is 325 g/mol. The van der Waals surface area contributed by atoms with E-state index in [4.69, 9.17) is 5.11 Å². The molecular formula is C16H23NO4S. The highest BCUT2D eigenvalue weighted by Crippen LogP contribution is 2.26. The lowest BCUT2D eigenvalue weighted by molar-refractivity contribution is 0.0697. The average Bonchev–Trinajstić information content (AvgIpc) is 2.53. The highest BCUT2D eigenvalue weighted by Gasteiger charge is 2.17. The Morgan fingerprint density at radius 3 is 2.36 bits per heavy atom. The normalized spacial score (nSPS) is 16.5. The van der Waals surface area contributed by atoms with Crippen LogP contribution in [0.25, 0.3) is 0 Å². The smallest absolute Gasteiger partial charge is 0.335 e. The first-order valence-electron chi connectivity index (χ1n) is 7.76. The fraction of sp³-hybridized carbons (Fsp3) is 0.562. The summed E-state index contributed by atoms with van der Waals surface area (Å²) in [6.07, 6.45) is 6.72. The molecule has 0 amide bonds. The zero-order chi connectivity index (χ0) is 16.0. The lowest BCUT2D eigenvalue weighted by atomic mass is 9.88. The van der Waals surface area contributed by atoms with Gasteiger partial charge in [-0.2, -0.15) is 0 Å². The molecule has 0 aliphatic heterocycles. The van der Waals surface area contributed by atoms with Crippen molar-refractivity contribution in [2.24, 2.45) is 5.92 Å². The summed E-state index contributed by atoms with van der Waals surface area (Å²) in [5, 5.41) is 8.82. The lowest BCUT2D eigenvalue weighted by Gasteiger charge is -2.21. The van der Waals surface area contributed by atoms with E-state index in [1.165, 1.54) is 31.4 Å². The molecule has 0 atom stereocenters. The summed E-state index contributed by atoms with van der Waals surface area (Å²) >= 11 is 0. The van der Waals surface area contributed by atoms with Crippen LogP contribution in [-0.2, 0) is 16.6 Å². The largest absolute Gasteiger partial charge is 0.478 e. The van der Waals surface area contributed by atoms with Gasteiger partial charge in [-0.25, -0.2) is 17.9 Å². The number of benzene rings is 1. The number of carboxylic acid groups (broad SMARTS) is 1. The molecular weight excluding hydrogens is 302 g/mol. The summed E-state index contributed by atoms with van der Waals surface area (Å²) in [5.41, 5.74) is 0.954. The SMILES string of the molecule is O=C(O)c1ccc(CNS(=O)(=O)CCC2CCCCC2)cc1. The van der Waals surface area contributed by atoms with Gasteiger partial charge in [0.1, 0.15) is 0 Å². The third kappa shape index (κ3) is 5.42. The summed E-state index contributed by atoms with van der Waals surface area (Å²) in [7, 11) is -3.27. The van der Waals surface area contributed by atoms with Gasteiger partial charge in [0.25, 0.3) is 0 Å². The van der Waals surface area contributed by atoms with Crippen LogP contribution in [0.5, 0.6) is 0 Å². The summed E-state index contributed by atoms with van der Waals surface area (Å²) in [4.78, 5) is 10.8. The Bertz CT molecular complexity index is 589. The molecule has 22 heavy (non-hydrogen) atoms. The highest BCUT2D eigenvalue weighted by molar-refractivity contribution is 7.89. The molecule has 0 unspecified atom stereocenters. The van der Waals surface area contributed by atoms with Gasteiger partial charge in [0, 0.05) is 6.54 Å². The summed E-state index contributed by atoms with van der Waals surface area (Å²) in [5.74, 6) is -0.273. The molecule has 1 aliphatic rings. The van der Waals surface area contributed by atoms with Gasteiger partial charge < -0.3 is 5.11 Å². The van der Waals surface area contributed by atoms with Gasteiger partial charge in [-0.1, -0.05) is 44.2 Å². The minimum Gasteiger partial charge on any atom is -0.478 e. The second-order valence-corrected chi connectivity index (χ2v) is 7.86. The van der Waals surface area contributed by atoms with Gasteiger partial charge in [0.05, 0.1) is 11.3 Å². The molecule has 6 heteroatoms. The third-order valence-corrected chi connectivity index (χ3v) is 5.57. The van der Waals surface area contributed by atoms with Crippen LogP contribution in [-0.4, -0.2) is 25.2 Å². The molecule has 2 N–H and O–H groups in total. The number of aromatic carboxylic acids is 1. The van der Waals surface area contributed by atoms with Crippen LogP contribution in [0.1, 0.15) is 54.4 Å². The zero-order valence-corrected chi connectivity index (χ0v) is 13.4. The third-order valence-electron chi connectivity index (χ3n) is 4.22. The lowest BCUT2D eigenvalue weighted by Crippen LogP contribution is -2.27. The molecule has 1 aromatic carbocycles.